The van der Waals surface area contributed by atoms with Crippen LogP contribution in [0.2, 0.25) is 0 Å². The molecule has 2 heterocycles. The van der Waals surface area contributed by atoms with Gasteiger partial charge in [0.2, 0.25) is 0 Å². The minimum atomic E-state index is -0.670. The Bertz CT molecular complexity index is 356. The highest BCUT2D eigenvalue weighted by Crippen LogP contribution is 2.21. The van der Waals surface area contributed by atoms with Crippen LogP contribution < -0.4 is 0 Å². The predicted octanol–water partition coefficient (Wildman–Crippen LogP) is 1.46. The summed E-state index contributed by atoms with van der Waals surface area (Å²) in [6.07, 6.45) is 7.21. The standard InChI is InChI=1S/C13H21N3O2/c17-13(18)3-2-12-4-8-15(9-5-12)10-11-16-7-1-6-14-16/h1,6-7,12H,2-5,8-11H2,(H,17,18). The van der Waals surface area contributed by atoms with Gasteiger partial charge in [-0.05, 0) is 44.3 Å². The number of nitrogens with zero attached hydrogens (tertiary/aromatic N) is 3. The highest BCUT2D eigenvalue weighted by molar-refractivity contribution is 5.66. The number of carbonyl (C=O) groups is 1. The molecular weight excluding hydrogens is 230 g/mol. The molecule has 1 fully saturated rings. The zero-order chi connectivity index (χ0) is 12.8. The summed E-state index contributed by atoms with van der Waals surface area (Å²) in [5.41, 5.74) is 0. The van der Waals surface area contributed by atoms with E-state index in [1.54, 1.807) is 6.20 Å². The molecule has 1 aromatic heterocycles. The van der Waals surface area contributed by atoms with Crippen LogP contribution in [0.4, 0.5) is 0 Å². The predicted molar refractivity (Wildman–Crippen MR) is 68.3 cm³/mol. The maximum atomic E-state index is 10.5. The summed E-state index contributed by atoms with van der Waals surface area (Å²) in [6, 6.07) is 1.94. The molecule has 1 saturated heterocycles. The lowest BCUT2D eigenvalue weighted by molar-refractivity contribution is -0.137. The number of aliphatic carboxylic acids is 1. The molecule has 1 aliphatic heterocycles. The van der Waals surface area contributed by atoms with E-state index in [0.717, 1.165) is 45.4 Å². The average Bonchev–Trinajstić information content (AvgIpc) is 2.88. The Balaban J connectivity index is 1.62. The Morgan fingerprint density at radius 1 is 1.33 bits per heavy atom. The molecule has 5 heteroatoms. The van der Waals surface area contributed by atoms with Gasteiger partial charge in [-0.1, -0.05) is 0 Å². The zero-order valence-corrected chi connectivity index (χ0v) is 10.7. The maximum Gasteiger partial charge on any atom is 0.303 e. The summed E-state index contributed by atoms with van der Waals surface area (Å²) < 4.78 is 1.95. The maximum absolute atomic E-state index is 10.5. The van der Waals surface area contributed by atoms with Crippen LogP contribution in [0.15, 0.2) is 18.5 Å². The molecule has 1 aliphatic rings. The molecule has 18 heavy (non-hydrogen) atoms. The van der Waals surface area contributed by atoms with E-state index in [9.17, 15) is 4.79 Å². The van der Waals surface area contributed by atoms with Crippen molar-refractivity contribution in [3.05, 3.63) is 18.5 Å². The molecule has 0 atom stereocenters. The first kappa shape index (κ1) is 13.1. The molecule has 1 aromatic rings. The van der Waals surface area contributed by atoms with E-state index in [4.69, 9.17) is 5.11 Å². The first-order valence-corrected chi connectivity index (χ1v) is 6.65. The lowest BCUT2D eigenvalue weighted by Crippen LogP contribution is -2.36. The highest BCUT2D eigenvalue weighted by Gasteiger charge is 2.19. The molecule has 0 bridgehead atoms. The molecule has 0 unspecified atom stereocenters. The quantitative estimate of drug-likeness (QED) is 0.831. The van der Waals surface area contributed by atoms with E-state index in [0.29, 0.717) is 12.3 Å². The SMILES string of the molecule is O=C(O)CCC1CCN(CCn2cccn2)CC1. The van der Waals surface area contributed by atoms with Crippen molar-refractivity contribution in [2.45, 2.75) is 32.2 Å². The van der Waals surface area contributed by atoms with Crippen molar-refractivity contribution < 1.29 is 9.90 Å². The second-order valence-corrected chi connectivity index (χ2v) is 4.99. The second kappa shape index (κ2) is 6.54. The van der Waals surface area contributed by atoms with Crippen LogP contribution in [-0.4, -0.2) is 45.4 Å². The van der Waals surface area contributed by atoms with Gasteiger partial charge in [0.1, 0.15) is 0 Å². The molecule has 0 saturated carbocycles. The molecule has 2 rings (SSSR count). The van der Waals surface area contributed by atoms with E-state index >= 15 is 0 Å². The van der Waals surface area contributed by atoms with Gasteiger partial charge in [-0.2, -0.15) is 5.10 Å². The van der Waals surface area contributed by atoms with Gasteiger partial charge in [-0.25, -0.2) is 0 Å². The van der Waals surface area contributed by atoms with Crippen LogP contribution in [-0.2, 0) is 11.3 Å². The van der Waals surface area contributed by atoms with E-state index in [2.05, 4.69) is 10.00 Å². The van der Waals surface area contributed by atoms with Gasteiger partial charge in [0, 0.05) is 25.4 Å². The Morgan fingerprint density at radius 3 is 2.72 bits per heavy atom. The highest BCUT2D eigenvalue weighted by atomic mass is 16.4. The number of aromatic nitrogens is 2. The van der Waals surface area contributed by atoms with E-state index in [1.807, 2.05) is 16.9 Å². The molecule has 100 valence electrons. The first-order valence-electron chi connectivity index (χ1n) is 6.65. The number of hydrogen-bond acceptors (Lipinski definition) is 3. The summed E-state index contributed by atoms with van der Waals surface area (Å²) in [7, 11) is 0. The number of likely N-dealkylation sites (tertiary alicyclic amines) is 1. The number of rotatable bonds is 6. The van der Waals surface area contributed by atoms with Gasteiger partial charge < -0.3 is 10.0 Å². The van der Waals surface area contributed by atoms with E-state index < -0.39 is 5.97 Å². The second-order valence-electron chi connectivity index (χ2n) is 4.99. The number of piperidine rings is 1. The molecule has 5 nitrogen and oxygen atoms in total. The topological polar surface area (TPSA) is 58.4 Å². The van der Waals surface area contributed by atoms with Gasteiger partial charge in [0.05, 0.1) is 6.54 Å². The Kier molecular flexibility index (Phi) is 4.75. The molecule has 0 radical (unpaired) electrons. The summed E-state index contributed by atoms with van der Waals surface area (Å²) >= 11 is 0. The van der Waals surface area contributed by atoms with Gasteiger partial charge in [0.15, 0.2) is 0 Å². The fraction of sp³-hybridized carbons (Fsp3) is 0.692. The summed E-state index contributed by atoms with van der Waals surface area (Å²) in [5.74, 6) is -0.0711. The van der Waals surface area contributed by atoms with Crippen molar-refractivity contribution in [2.24, 2.45) is 5.92 Å². The van der Waals surface area contributed by atoms with Crippen molar-refractivity contribution in [3.8, 4) is 0 Å². The van der Waals surface area contributed by atoms with Crippen molar-refractivity contribution in [3.63, 3.8) is 0 Å². The summed E-state index contributed by atoms with van der Waals surface area (Å²) in [4.78, 5) is 13.0. The van der Waals surface area contributed by atoms with Crippen molar-refractivity contribution >= 4 is 5.97 Å². The smallest absolute Gasteiger partial charge is 0.303 e. The van der Waals surface area contributed by atoms with E-state index in [1.165, 1.54) is 0 Å². The molecule has 0 spiro atoms. The van der Waals surface area contributed by atoms with Crippen molar-refractivity contribution in [1.29, 1.82) is 0 Å². The van der Waals surface area contributed by atoms with Crippen LogP contribution >= 0.6 is 0 Å². The number of carboxylic acid groups (broad SMARTS) is 1. The zero-order valence-electron chi connectivity index (χ0n) is 10.7. The average molecular weight is 251 g/mol. The van der Waals surface area contributed by atoms with Gasteiger partial charge >= 0.3 is 5.97 Å². The third-order valence-corrected chi connectivity index (χ3v) is 3.68. The minimum absolute atomic E-state index is 0.317. The van der Waals surface area contributed by atoms with Gasteiger partial charge in [-0.15, -0.1) is 0 Å². The lowest BCUT2D eigenvalue weighted by atomic mass is 9.92. The van der Waals surface area contributed by atoms with Crippen LogP contribution in [0.25, 0.3) is 0 Å². The Hall–Kier alpha value is -1.36. The molecule has 0 aliphatic carbocycles. The third-order valence-electron chi connectivity index (χ3n) is 3.68. The van der Waals surface area contributed by atoms with Crippen molar-refractivity contribution in [1.82, 2.24) is 14.7 Å². The van der Waals surface area contributed by atoms with Gasteiger partial charge in [0.25, 0.3) is 0 Å². The van der Waals surface area contributed by atoms with Crippen LogP contribution in [0.1, 0.15) is 25.7 Å². The van der Waals surface area contributed by atoms with Crippen LogP contribution in [0, 0.1) is 5.92 Å². The number of hydrogen-bond donors (Lipinski definition) is 1. The van der Waals surface area contributed by atoms with E-state index in [-0.39, 0.29) is 0 Å². The Morgan fingerprint density at radius 2 is 2.11 bits per heavy atom. The first-order chi connectivity index (χ1) is 8.74. The number of carboxylic acids is 1. The summed E-state index contributed by atoms with van der Waals surface area (Å²) in [5, 5.41) is 12.9. The third kappa shape index (κ3) is 4.14. The Labute approximate surface area is 107 Å². The van der Waals surface area contributed by atoms with Crippen molar-refractivity contribution in [2.75, 3.05) is 19.6 Å². The molecule has 0 amide bonds. The molecule has 1 N–H and O–H groups in total. The largest absolute Gasteiger partial charge is 0.481 e. The molecular formula is C13H21N3O2. The fourth-order valence-electron chi connectivity index (χ4n) is 2.50. The monoisotopic (exact) mass is 251 g/mol. The van der Waals surface area contributed by atoms with Gasteiger partial charge in [-0.3, -0.25) is 9.48 Å². The van der Waals surface area contributed by atoms with Crippen LogP contribution in [0.5, 0.6) is 0 Å². The lowest BCUT2D eigenvalue weighted by Gasteiger charge is -2.31. The molecule has 0 aromatic carbocycles. The summed E-state index contributed by atoms with van der Waals surface area (Å²) in [6.45, 7) is 4.15. The fourth-order valence-corrected chi connectivity index (χ4v) is 2.50. The normalized spacial score (nSPS) is 18.0. The van der Waals surface area contributed by atoms with Crippen LogP contribution in [0.3, 0.4) is 0 Å². The minimum Gasteiger partial charge on any atom is -0.481 e.